The molecule has 1 unspecified atom stereocenters. The van der Waals surface area contributed by atoms with E-state index >= 15 is 0 Å². The number of rotatable bonds is 8. The monoisotopic (exact) mass is 284 g/mol. The number of nitrogens with one attached hydrogen (secondary N) is 1. The summed E-state index contributed by atoms with van der Waals surface area (Å²) in [5.41, 5.74) is 2.35. The molecule has 0 fully saturated rings. The SMILES string of the molecule is CCNC(CC)c1cccc(OCCc2ccccn2)c1. The van der Waals surface area contributed by atoms with Crippen LogP contribution in [0, 0.1) is 0 Å². The van der Waals surface area contributed by atoms with E-state index in [2.05, 4.69) is 42.3 Å². The zero-order valence-electron chi connectivity index (χ0n) is 12.9. The highest BCUT2D eigenvalue weighted by Crippen LogP contribution is 2.21. The smallest absolute Gasteiger partial charge is 0.119 e. The second-order valence-corrected chi connectivity index (χ2v) is 5.01. The first-order valence-electron chi connectivity index (χ1n) is 7.69. The van der Waals surface area contributed by atoms with Crippen molar-refractivity contribution in [2.75, 3.05) is 13.2 Å². The number of hydrogen-bond donors (Lipinski definition) is 1. The lowest BCUT2D eigenvalue weighted by molar-refractivity contribution is 0.319. The maximum absolute atomic E-state index is 5.86. The molecule has 2 rings (SSSR count). The Morgan fingerprint density at radius 2 is 2.05 bits per heavy atom. The Balaban J connectivity index is 1.91. The Kier molecular flexibility index (Phi) is 6.22. The third-order valence-electron chi connectivity index (χ3n) is 3.47. The fourth-order valence-corrected chi connectivity index (χ4v) is 2.38. The van der Waals surface area contributed by atoms with Gasteiger partial charge in [0.05, 0.1) is 6.61 Å². The zero-order valence-corrected chi connectivity index (χ0v) is 12.9. The van der Waals surface area contributed by atoms with Crippen molar-refractivity contribution >= 4 is 0 Å². The van der Waals surface area contributed by atoms with Crippen LogP contribution in [0.2, 0.25) is 0 Å². The van der Waals surface area contributed by atoms with Crippen LogP contribution in [0.1, 0.15) is 37.6 Å². The summed E-state index contributed by atoms with van der Waals surface area (Å²) in [6.45, 7) is 5.96. The third kappa shape index (κ3) is 4.87. The molecule has 1 atom stereocenters. The van der Waals surface area contributed by atoms with Crippen molar-refractivity contribution in [1.29, 1.82) is 0 Å². The van der Waals surface area contributed by atoms with Crippen molar-refractivity contribution in [3.8, 4) is 5.75 Å². The fraction of sp³-hybridized carbons (Fsp3) is 0.389. The molecule has 0 aliphatic heterocycles. The van der Waals surface area contributed by atoms with Crippen molar-refractivity contribution in [2.24, 2.45) is 0 Å². The van der Waals surface area contributed by atoms with Crippen LogP contribution in [-0.4, -0.2) is 18.1 Å². The molecule has 0 radical (unpaired) electrons. The Morgan fingerprint density at radius 1 is 1.14 bits per heavy atom. The lowest BCUT2D eigenvalue weighted by Gasteiger charge is -2.17. The normalized spacial score (nSPS) is 12.1. The molecule has 21 heavy (non-hydrogen) atoms. The fourth-order valence-electron chi connectivity index (χ4n) is 2.38. The van der Waals surface area contributed by atoms with Crippen LogP contribution >= 0.6 is 0 Å². The largest absolute Gasteiger partial charge is 0.493 e. The minimum absolute atomic E-state index is 0.398. The minimum atomic E-state index is 0.398. The molecule has 3 nitrogen and oxygen atoms in total. The van der Waals surface area contributed by atoms with Gasteiger partial charge < -0.3 is 10.1 Å². The van der Waals surface area contributed by atoms with Crippen LogP contribution in [0.4, 0.5) is 0 Å². The van der Waals surface area contributed by atoms with Crippen molar-refractivity contribution in [3.63, 3.8) is 0 Å². The molecule has 0 saturated carbocycles. The van der Waals surface area contributed by atoms with Gasteiger partial charge in [0.1, 0.15) is 5.75 Å². The first-order chi connectivity index (χ1) is 10.3. The second-order valence-electron chi connectivity index (χ2n) is 5.01. The number of pyridine rings is 1. The maximum atomic E-state index is 5.86. The molecule has 0 aliphatic rings. The van der Waals surface area contributed by atoms with E-state index in [-0.39, 0.29) is 0 Å². The third-order valence-corrected chi connectivity index (χ3v) is 3.47. The van der Waals surface area contributed by atoms with E-state index in [1.165, 1.54) is 5.56 Å². The van der Waals surface area contributed by atoms with Crippen molar-refractivity contribution in [3.05, 3.63) is 59.9 Å². The Morgan fingerprint density at radius 3 is 2.76 bits per heavy atom. The van der Waals surface area contributed by atoms with Gasteiger partial charge in [-0.25, -0.2) is 0 Å². The molecule has 2 aromatic rings. The highest BCUT2D eigenvalue weighted by Gasteiger charge is 2.08. The van der Waals surface area contributed by atoms with Crippen LogP contribution in [0.15, 0.2) is 48.7 Å². The van der Waals surface area contributed by atoms with E-state index in [1.54, 1.807) is 0 Å². The van der Waals surface area contributed by atoms with Crippen molar-refractivity contribution in [2.45, 2.75) is 32.7 Å². The van der Waals surface area contributed by atoms with E-state index in [4.69, 9.17) is 4.74 Å². The van der Waals surface area contributed by atoms with Gasteiger partial charge in [0, 0.05) is 24.4 Å². The van der Waals surface area contributed by atoms with Crippen LogP contribution in [-0.2, 0) is 6.42 Å². The van der Waals surface area contributed by atoms with Gasteiger partial charge in [-0.05, 0) is 42.8 Å². The molecule has 0 spiro atoms. The van der Waals surface area contributed by atoms with Gasteiger partial charge in [0.15, 0.2) is 0 Å². The quantitative estimate of drug-likeness (QED) is 0.801. The Labute approximate surface area is 127 Å². The predicted octanol–water partition coefficient (Wildman–Crippen LogP) is 3.76. The van der Waals surface area contributed by atoms with Gasteiger partial charge >= 0.3 is 0 Å². The van der Waals surface area contributed by atoms with Crippen LogP contribution < -0.4 is 10.1 Å². The average Bonchev–Trinajstić information content (AvgIpc) is 2.54. The molecule has 3 heteroatoms. The van der Waals surface area contributed by atoms with Crippen LogP contribution in [0.5, 0.6) is 5.75 Å². The number of nitrogens with zero attached hydrogens (tertiary/aromatic N) is 1. The van der Waals surface area contributed by atoms with E-state index in [1.807, 2.05) is 30.5 Å². The Hall–Kier alpha value is -1.87. The van der Waals surface area contributed by atoms with E-state index in [9.17, 15) is 0 Å². The predicted molar refractivity (Wildman–Crippen MR) is 86.6 cm³/mol. The van der Waals surface area contributed by atoms with E-state index in [0.717, 1.165) is 30.8 Å². The molecule has 1 aromatic heterocycles. The number of hydrogen-bond acceptors (Lipinski definition) is 3. The molecule has 0 aliphatic carbocycles. The number of aromatic nitrogens is 1. The van der Waals surface area contributed by atoms with Crippen LogP contribution in [0.25, 0.3) is 0 Å². The molecule has 1 N–H and O–H groups in total. The highest BCUT2D eigenvalue weighted by atomic mass is 16.5. The van der Waals surface area contributed by atoms with E-state index < -0.39 is 0 Å². The molecule has 0 saturated heterocycles. The first kappa shape index (κ1) is 15.5. The molecule has 1 heterocycles. The highest BCUT2D eigenvalue weighted by molar-refractivity contribution is 5.30. The minimum Gasteiger partial charge on any atom is -0.493 e. The summed E-state index contributed by atoms with van der Waals surface area (Å²) in [5.74, 6) is 0.930. The van der Waals surface area contributed by atoms with Crippen LogP contribution in [0.3, 0.4) is 0 Å². The van der Waals surface area contributed by atoms with Gasteiger partial charge in [-0.2, -0.15) is 0 Å². The Bertz CT molecular complexity index is 528. The second kappa shape index (κ2) is 8.42. The number of ether oxygens (including phenoxy) is 1. The molecule has 0 amide bonds. The molecule has 1 aromatic carbocycles. The molecular weight excluding hydrogens is 260 g/mol. The van der Waals surface area contributed by atoms with Gasteiger partial charge in [0.2, 0.25) is 0 Å². The molecule has 0 bridgehead atoms. The average molecular weight is 284 g/mol. The summed E-state index contributed by atoms with van der Waals surface area (Å²) in [6.07, 6.45) is 3.72. The van der Waals surface area contributed by atoms with Crippen molar-refractivity contribution in [1.82, 2.24) is 10.3 Å². The lowest BCUT2D eigenvalue weighted by atomic mass is 10.0. The summed E-state index contributed by atoms with van der Waals surface area (Å²) in [5, 5.41) is 3.49. The van der Waals surface area contributed by atoms with E-state index in [0.29, 0.717) is 12.6 Å². The van der Waals surface area contributed by atoms with Gasteiger partial charge in [-0.15, -0.1) is 0 Å². The maximum Gasteiger partial charge on any atom is 0.119 e. The molecular formula is C18H24N2O. The summed E-state index contributed by atoms with van der Waals surface area (Å²) < 4.78 is 5.86. The summed E-state index contributed by atoms with van der Waals surface area (Å²) >= 11 is 0. The molecule has 112 valence electrons. The summed E-state index contributed by atoms with van der Waals surface area (Å²) in [4.78, 5) is 4.30. The topological polar surface area (TPSA) is 34.1 Å². The first-order valence-corrected chi connectivity index (χ1v) is 7.69. The van der Waals surface area contributed by atoms with Gasteiger partial charge in [-0.3, -0.25) is 4.98 Å². The van der Waals surface area contributed by atoms with Gasteiger partial charge in [-0.1, -0.05) is 32.0 Å². The summed E-state index contributed by atoms with van der Waals surface area (Å²) in [6, 6.07) is 14.7. The zero-order chi connectivity index (χ0) is 14.9. The standard InChI is InChI=1S/C18H24N2O/c1-3-18(19-4-2)15-8-7-10-17(14-15)21-13-11-16-9-5-6-12-20-16/h5-10,12,14,18-19H,3-4,11,13H2,1-2H3. The summed E-state index contributed by atoms with van der Waals surface area (Å²) in [7, 11) is 0. The lowest BCUT2D eigenvalue weighted by Crippen LogP contribution is -2.20. The van der Waals surface area contributed by atoms with Gasteiger partial charge in [0.25, 0.3) is 0 Å². The van der Waals surface area contributed by atoms with Crippen molar-refractivity contribution < 1.29 is 4.74 Å². The number of benzene rings is 1.